The predicted octanol–water partition coefficient (Wildman–Crippen LogP) is 4.69. The van der Waals surface area contributed by atoms with E-state index in [-0.39, 0.29) is 23.0 Å². The van der Waals surface area contributed by atoms with Gasteiger partial charge in [-0.25, -0.2) is 9.67 Å². The number of aromatic nitrogens is 4. The average molecular weight is 467 g/mol. The van der Waals surface area contributed by atoms with Gasteiger partial charge in [0.2, 0.25) is 0 Å². The number of benzene rings is 1. The van der Waals surface area contributed by atoms with Gasteiger partial charge in [0, 0.05) is 28.9 Å². The zero-order valence-electron chi connectivity index (χ0n) is 17.5. The second-order valence-corrected chi connectivity index (χ2v) is 8.80. The Balaban J connectivity index is 1.71. The molecule has 0 aliphatic rings. The number of rotatable bonds is 6. The van der Waals surface area contributed by atoms with Crippen molar-refractivity contribution >= 4 is 34.3 Å². The molecule has 0 aliphatic carbocycles. The van der Waals surface area contributed by atoms with E-state index in [4.69, 9.17) is 16.3 Å². The molecule has 0 radical (unpaired) electrons. The van der Waals surface area contributed by atoms with E-state index in [1.165, 1.54) is 22.1 Å². The minimum atomic E-state index is -0.379. The monoisotopic (exact) mass is 466 g/mol. The van der Waals surface area contributed by atoms with Gasteiger partial charge in [-0.3, -0.25) is 4.79 Å². The normalized spacial score (nSPS) is 11.7. The fourth-order valence-corrected chi connectivity index (χ4v) is 4.37. The first kappa shape index (κ1) is 21.6. The van der Waals surface area contributed by atoms with Crippen molar-refractivity contribution in [2.45, 2.75) is 19.9 Å². The molecule has 1 N–H and O–H groups in total. The van der Waals surface area contributed by atoms with Crippen molar-refractivity contribution in [3.63, 3.8) is 0 Å². The number of nitrogens with zero attached hydrogens (tertiary/aromatic N) is 5. The maximum Gasteiger partial charge on any atom is 0.291 e. The van der Waals surface area contributed by atoms with Crippen LogP contribution in [-0.2, 0) is 0 Å². The Morgan fingerprint density at radius 1 is 1.28 bits per heavy atom. The first-order valence-corrected chi connectivity index (χ1v) is 10.8. The van der Waals surface area contributed by atoms with Crippen LogP contribution in [0.1, 0.15) is 29.2 Å². The van der Waals surface area contributed by atoms with Gasteiger partial charge in [0.1, 0.15) is 17.5 Å². The summed E-state index contributed by atoms with van der Waals surface area (Å²) in [6, 6.07) is 12.2. The summed E-state index contributed by atoms with van der Waals surface area (Å²) in [5.74, 6) is 0.601. The largest absolute Gasteiger partial charge is 0.494 e. The maximum absolute atomic E-state index is 13.2. The van der Waals surface area contributed by atoms with Gasteiger partial charge in [-0.05, 0) is 38.1 Å². The maximum atomic E-state index is 13.2. The van der Waals surface area contributed by atoms with Gasteiger partial charge in [0.25, 0.3) is 5.56 Å². The number of thiophene rings is 1. The third-order valence-corrected chi connectivity index (χ3v) is 6.27. The fourth-order valence-electron chi connectivity index (χ4n) is 3.27. The summed E-state index contributed by atoms with van der Waals surface area (Å²) in [6.45, 7) is 3.75. The zero-order valence-corrected chi connectivity index (χ0v) is 19.1. The smallest absolute Gasteiger partial charge is 0.291 e. The molecule has 0 spiro atoms. The van der Waals surface area contributed by atoms with Gasteiger partial charge in [-0.15, -0.1) is 11.3 Å². The lowest BCUT2D eigenvalue weighted by Gasteiger charge is -2.16. The molecule has 10 heteroatoms. The molecule has 4 rings (SSSR count). The minimum absolute atomic E-state index is 0.124. The highest BCUT2D eigenvalue weighted by Crippen LogP contribution is 2.30. The van der Waals surface area contributed by atoms with E-state index >= 15 is 0 Å². The van der Waals surface area contributed by atoms with E-state index in [0.29, 0.717) is 15.8 Å². The third kappa shape index (κ3) is 4.23. The molecule has 4 aromatic rings. The number of nitriles is 1. The number of aryl methyl sites for hydroxylation is 1. The van der Waals surface area contributed by atoms with Crippen molar-refractivity contribution in [2.24, 2.45) is 0 Å². The lowest BCUT2D eigenvalue weighted by Crippen LogP contribution is -2.28. The summed E-state index contributed by atoms with van der Waals surface area (Å²) >= 11 is 7.41. The molecule has 0 aliphatic heterocycles. The Bertz CT molecular complexity index is 1380. The Hall–Kier alpha value is -3.61. The van der Waals surface area contributed by atoms with E-state index in [0.717, 1.165) is 16.3 Å². The Labute approximate surface area is 193 Å². The van der Waals surface area contributed by atoms with Gasteiger partial charge in [-0.2, -0.15) is 10.4 Å². The molecule has 0 saturated heterocycles. The van der Waals surface area contributed by atoms with Crippen molar-refractivity contribution in [3.8, 4) is 17.5 Å². The van der Waals surface area contributed by atoms with Crippen molar-refractivity contribution in [2.75, 3.05) is 12.4 Å². The van der Waals surface area contributed by atoms with Crippen LogP contribution in [0.4, 0.5) is 11.4 Å². The van der Waals surface area contributed by atoms with Crippen molar-refractivity contribution < 1.29 is 4.74 Å². The average Bonchev–Trinajstić information content (AvgIpc) is 3.42. The molecule has 3 aromatic heterocycles. The quantitative estimate of drug-likeness (QED) is 0.443. The topological polar surface area (TPSA) is 97.8 Å². The lowest BCUT2D eigenvalue weighted by atomic mass is 10.2. The second kappa shape index (κ2) is 8.86. The van der Waals surface area contributed by atoms with Crippen LogP contribution >= 0.6 is 22.9 Å². The molecule has 0 bridgehead atoms. The van der Waals surface area contributed by atoms with E-state index < -0.39 is 0 Å². The number of anilines is 2. The first-order chi connectivity index (χ1) is 15.4. The molecule has 0 fully saturated rings. The number of imidazole rings is 1. The Kier molecular flexibility index (Phi) is 5.99. The standard InChI is InChI=1S/C22H19ClN6O2S/c1-13-11-28(12-25-13)18-5-4-15(9-19(18)31-3)26-17-8-16(10-24)27-29(22(17)30)14(2)20-6-7-21(23)32-20/h4-9,11-12,14,26H,1-3H3/t14-/m0/s1. The second-order valence-electron chi connectivity index (χ2n) is 7.06. The number of ether oxygens (including phenoxy) is 1. The highest BCUT2D eigenvalue weighted by atomic mass is 35.5. The number of halogens is 1. The van der Waals surface area contributed by atoms with E-state index in [2.05, 4.69) is 15.4 Å². The van der Waals surface area contributed by atoms with Crippen molar-refractivity contribution in [3.05, 3.63) is 79.9 Å². The fraction of sp³-hybridized carbons (Fsp3) is 0.182. The Morgan fingerprint density at radius 2 is 2.09 bits per heavy atom. The van der Waals surface area contributed by atoms with Crippen LogP contribution in [0.15, 0.2) is 53.7 Å². The molecule has 1 atom stereocenters. The van der Waals surface area contributed by atoms with E-state index in [1.807, 2.05) is 48.9 Å². The molecule has 0 saturated carbocycles. The molecule has 162 valence electrons. The Morgan fingerprint density at radius 3 is 2.72 bits per heavy atom. The van der Waals surface area contributed by atoms with Crippen molar-refractivity contribution in [1.29, 1.82) is 5.26 Å². The van der Waals surface area contributed by atoms with Crippen LogP contribution < -0.4 is 15.6 Å². The third-order valence-electron chi connectivity index (χ3n) is 4.87. The SMILES string of the molecule is COc1cc(Nc2cc(C#N)nn([C@@H](C)c3ccc(Cl)s3)c2=O)ccc1-n1cnc(C)c1. The molecular weight excluding hydrogens is 448 g/mol. The molecule has 1 aromatic carbocycles. The molecular formula is C22H19ClN6O2S. The van der Waals surface area contributed by atoms with E-state index in [1.54, 1.807) is 25.6 Å². The molecule has 0 unspecified atom stereocenters. The van der Waals surface area contributed by atoms with Crippen LogP contribution in [-0.4, -0.2) is 26.4 Å². The van der Waals surface area contributed by atoms with Gasteiger partial charge < -0.3 is 14.6 Å². The number of hydrogen-bond acceptors (Lipinski definition) is 7. The number of hydrogen-bond donors (Lipinski definition) is 1. The number of nitrogens with one attached hydrogen (secondary N) is 1. The summed E-state index contributed by atoms with van der Waals surface area (Å²) < 4.78 is 9.31. The summed E-state index contributed by atoms with van der Waals surface area (Å²) in [7, 11) is 1.58. The minimum Gasteiger partial charge on any atom is -0.494 e. The predicted molar refractivity (Wildman–Crippen MR) is 124 cm³/mol. The van der Waals surface area contributed by atoms with Crippen LogP contribution in [0.3, 0.4) is 0 Å². The highest BCUT2D eigenvalue weighted by Gasteiger charge is 2.18. The van der Waals surface area contributed by atoms with Crippen molar-refractivity contribution in [1.82, 2.24) is 19.3 Å². The van der Waals surface area contributed by atoms with Crippen LogP contribution in [0, 0.1) is 18.3 Å². The molecule has 32 heavy (non-hydrogen) atoms. The van der Waals surface area contributed by atoms with Crippen LogP contribution in [0.25, 0.3) is 5.69 Å². The van der Waals surface area contributed by atoms with Crippen LogP contribution in [0.5, 0.6) is 5.75 Å². The van der Waals surface area contributed by atoms with Crippen LogP contribution in [0.2, 0.25) is 4.34 Å². The lowest BCUT2D eigenvalue weighted by molar-refractivity contribution is 0.413. The molecule has 3 heterocycles. The molecule has 0 amide bonds. The summed E-state index contributed by atoms with van der Waals surface area (Å²) in [5.41, 5.74) is 2.34. The van der Waals surface area contributed by atoms with Gasteiger partial charge in [0.15, 0.2) is 5.69 Å². The number of methoxy groups -OCH3 is 1. The first-order valence-electron chi connectivity index (χ1n) is 9.65. The summed E-state index contributed by atoms with van der Waals surface area (Å²) in [4.78, 5) is 18.3. The van der Waals surface area contributed by atoms with E-state index in [9.17, 15) is 10.1 Å². The highest BCUT2D eigenvalue weighted by molar-refractivity contribution is 7.16. The summed E-state index contributed by atoms with van der Waals surface area (Å²) in [5, 5.41) is 16.7. The summed E-state index contributed by atoms with van der Waals surface area (Å²) in [6.07, 6.45) is 3.60. The van der Waals surface area contributed by atoms with Gasteiger partial charge in [0.05, 0.1) is 35.2 Å². The van der Waals surface area contributed by atoms with Gasteiger partial charge in [-0.1, -0.05) is 11.6 Å². The van der Waals surface area contributed by atoms with Gasteiger partial charge >= 0.3 is 0 Å². The zero-order chi connectivity index (χ0) is 22.8. The molecule has 8 nitrogen and oxygen atoms in total.